The number of unbranched alkanes of at least 4 members (excludes halogenated alkanes) is 1. The number of hydrogen-bond donors (Lipinski definition) is 2. The Kier molecular flexibility index (Phi) is 12.4. The Labute approximate surface area is 188 Å². The molecule has 2 N–H and O–H groups in total. The number of carboxylic acids is 2. The van der Waals surface area contributed by atoms with Crippen LogP contribution in [0.3, 0.4) is 0 Å². The molecule has 1 rings (SSSR count). The fourth-order valence-electron chi connectivity index (χ4n) is 4.07. The van der Waals surface area contributed by atoms with Crippen LogP contribution in [0.2, 0.25) is 0 Å². The number of aliphatic carboxylic acids is 2. The predicted octanol–water partition coefficient (Wildman–Crippen LogP) is 3.26. The standard InChI is InChI=1S/C25H42N2O4/c1-6-27(17-24(28)29)23(25(30)31)9-7-8-14-26-16-20-10-12-21(13-11-20)22(19(4)5)15-18(2)3/h10-13,18-19,22-23,26H,6-9,14-17H2,1-5H3,(H,28,29)(H,30,31)/p-1. The van der Waals surface area contributed by atoms with Gasteiger partial charge in [-0.3, -0.25) is 9.69 Å². The largest absolute Gasteiger partial charge is 0.548 e. The second-order valence-electron chi connectivity index (χ2n) is 9.19. The minimum atomic E-state index is -1.20. The minimum Gasteiger partial charge on any atom is -0.548 e. The van der Waals surface area contributed by atoms with Gasteiger partial charge in [0.25, 0.3) is 0 Å². The third-order valence-electron chi connectivity index (χ3n) is 5.81. The number of hydrogen-bond acceptors (Lipinski definition) is 5. The Hall–Kier alpha value is -1.92. The summed E-state index contributed by atoms with van der Waals surface area (Å²) >= 11 is 0. The minimum absolute atomic E-state index is 0.280. The molecule has 0 saturated carbocycles. The quantitative estimate of drug-likeness (QED) is 0.389. The molecule has 6 nitrogen and oxygen atoms in total. The van der Waals surface area contributed by atoms with Crippen LogP contribution in [0.1, 0.15) is 77.3 Å². The number of carbonyl (C=O) groups is 2. The molecule has 1 aromatic carbocycles. The van der Waals surface area contributed by atoms with E-state index in [1.165, 1.54) is 22.4 Å². The van der Waals surface area contributed by atoms with Gasteiger partial charge in [0.1, 0.15) is 0 Å². The highest BCUT2D eigenvalue weighted by Crippen LogP contribution is 2.31. The molecule has 0 aliphatic heterocycles. The average Bonchev–Trinajstić information content (AvgIpc) is 2.70. The highest BCUT2D eigenvalue weighted by Gasteiger charge is 2.20. The van der Waals surface area contributed by atoms with Crippen molar-refractivity contribution >= 4 is 11.9 Å². The molecule has 0 saturated heterocycles. The lowest BCUT2D eigenvalue weighted by Crippen LogP contribution is -2.49. The van der Waals surface area contributed by atoms with Crippen molar-refractivity contribution in [1.29, 1.82) is 0 Å². The number of nitrogens with zero attached hydrogens (tertiary/aromatic N) is 1. The summed E-state index contributed by atoms with van der Waals surface area (Å²) < 4.78 is 0. The van der Waals surface area contributed by atoms with E-state index in [2.05, 4.69) is 57.3 Å². The second-order valence-corrected chi connectivity index (χ2v) is 9.19. The molecule has 176 valence electrons. The Bertz CT molecular complexity index is 658. The summed E-state index contributed by atoms with van der Waals surface area (Å²) in [7, 11) is 0. The van der Waals surface area contributed by atoms with E-state index in [1.54, 1.807) is 6.92 Å². The lowest BCUT2D eigenvalue weighted by atomic mass is 9.82. The highest BCUT2D eigenvalue weighted by atomic mass is 16.4. The van der Waals surface area contributed by atoms with Crippen LogP contribution in [-0.4, -0.2) is 47.6 Å². The van der Waals surface area contributed by atoms with Gasteiger partial charge in [0.15, 0.2) is 0 Å². The van der Waals surface area contributed by atoms with E-state index in [-0.39, 0.29) is 6.54 Å². The third-order valence-corrected chi connectivity index (χ3v) is 5.81. The van der Waals surface area contributed by atoms with Crippen molar-refractivity contribution in [2.24, 2.45) is 11.8 Å². The Morgan fingerprint density at radius 3 is 2.23 bits per heavy atom. The topological polar surface area (TPSA) is 92.7 Å². The molecule has 2 atom stereocenters. The molecule has 0 fully saturated rings. The molecule has 1 aromatic rings. The van der Waals surface area contributed by atoms with Crippen molar-refractivity contribution in [2.75, 3.05) is 19.6 Å². The van der Waals surface area contributed by atoms with Crippen LogP contribution < -0.4 is 10.4 Å². The van der Waals surface area contributed by atoms with Crippen LogP contribution in [0, 0.1) is 11.8 Å². The summed E-state index contributed by atoms with van der Waals surface area (Å²) in [5, 5.41) is 23.8. The van der Waals surface area contributed by atoms with Gasteiger partial charge in [-0.2, -0.15) is 0 Å². The van der Waals surface area contributed by atoms with Crippen molar-refractivity contribution in [3.8, 4) is 0 Å². The first-order valence-electron chi connectivity index (χ1n) is 11.6. The van der Waals surface area contributed by atoms with Gasteiger partial charge in [0.05, 0.1) is 12.5 Å². The molecule has 0 aliphatic carbocycles. The Morgan fingerprint density at radius 1 is 1.10 bits per heavy atom. The monoisotopic (exact) mass is 433 g/mol. The average molecular weight is 434 g/mol. The molecular weight excluding hydrogens is 392 g/mol. The SMILES string of the molecule is CCN(CC(=O)O)C(CCCCNCc1ccc(C(CC(C)C)C(C)C)cc1)C(=O)[O-]. The predicted molar refractivity (Wildman–Crippen MR) is 123 cm³/mol. The van der Waals surface area contributed by atoms with E-state index in [9.17, 15) is 14.7 Å². The summed E-state index contributed by atoms with van der Waals surface area (Å²) in [5.41, 5.74) is 2.64. The molecule has 6 heteroatoms. The van der Waals surface area contributed by atoms with Gasteiger partial charge in [0.2, 0.25) is 0 Å². The summed E-state index contributed by atoms with van der Waals surface area (Å²) in [4.78, 5) is 23.8. The van der Waals surface area contributed by atoms with Crippen LogP contribution in [-0.2, 0) is 16.1 Å². The van der Waals surface area contributed by atoms with E-state index < -0.39 is 18.0 Å². The van der Waals surface area contributed by atoms with Crippen molar-refractivity contribution in [2.45, 2.75) is 78.8 Å². The van der Waals surface area contributed by atoms with Gasteiger partial charge in [-0.05, 0) is 61.2 Å². The van der Waals surface area contributed by atoms with Gasteiger partial charge in [-0.15, -0.1) is 0 Å². The smallest absolute Gasteiger partial charge is 0.317 e. The number of benzene rings is 1. The van der Waals surface area contributed by atoms with Gasteiger partial charge in [-0.1, -0.05) is 65.3 Å². The summed E-state index contributed by atoms with van der Waals surface area (Å²) in [6, 6.07) is 8.02. The summed E-state index contributed by atoms with van der Waals surface area (Å²) in [5.74, 6) is -0.338. The summed E-state index contributed by atoms with van der Waals surface area (Å²) in [6.45, 7) is 12.5. The van der Waals surface area contributed by atoms with Crippen LogP contribution in [0.4, 0.5) is 0 Å². The number of carbonyl (C=O) groups excluding carboxylic acids is 1. The first-order chi connectivity index (χ1) is 14.6. The van der Waals surface area contributed by atoms with Crippen LogP contribution in [0.5, 0.6) is 0 Å². The molecular formula is C25H41N2O4-. The van der Waals surface area contributed by atoms with Gasteiger partial charge in [-0.25, -0.2) is 0 Å². The van der Waals surface area contributed by atoms with Crippen LogP contribution in [0.15, 0.2) is 24.3 Å². The molecule has 0 heterocycles. The molecule has 0 bridgehead atoms. The number of likely N-dealkylation sites (N-methyl/N-ethyl adjacent to an activating group) is 1. The molecule has 2 unspecified atom stereocenters. The fraction of sp³-hybridized carbons (Fsp3) is 0.680. The van der Waals surface area contributed by atoms with Crippen molar-refractivity contribution in [3.05, 3.63) is 35.4 Å². The Balaban J connectivity index is 2.42. The lowest BCUT2D eigenvalue weighted by Gasteiger charge is -2.30. The maximum atomic E-state index is 11.4. The zero-order chi connectivity index (χ0) is 23.4. The second kappa shape index (κ2) is 14.2. The molecule has 31 heavy (non-hydrogen) atoms. The third kappa shape index (κ3) is 10.3. The van der Waals surface area contributed by atoms with Gasteiger partial charge < -0.3 is 20.3 Å². The Morgan fingerprint density at radius 2 is 1.74 bits per heavy atom. The van der Waals surface area contributed by atoms with E-state index in [0.29, 0.717) is 37.1 Å². The maximum Gasteiger partial charge on any atom is 0.317 e. The highest BCUT2D eigenvalue weighted by molar-refractivity contribution is 5.74. The number of carboxylic acid groups (broad SMARTS) is 2. The van der Waals surface area contributed by atoms with Crippen molar-refractivity contribution in [1.82, 2.24) is 10.2 Å². The number of rotatable bonds is 16. The fourth-order valence-corrected chi connectivity index (χ4v) is 4.07. The van der Waals surface area contributed by atoms with E-state index >= 15 is 0 Å². The zero-order valence-electron chi connectivity index (χ0n) is 19.9. The number of nitrogens with one attached hydrogen (secondary N) is 1. The van der Waals surface area contributed by atoms with E-state index in [0.717, 1.165) is 19.5 Å². The van der Waals surface area contributed by atoms with E-state index in [4.69, 9.17) is 5.11 Å². The van der Waals surface area contributed by atoms with Crippen LogP contribution >= 0.6 is 0 Å². The molecule has 0 radical (unpaired) electrons. The maximum absolute atomic E-state index is 11.4. The molecule has 0 aromatic heterocycles. The first-order valence-corrected chi connectivity index (χ1v) is 11.6. The molecule has 0 amide bonds. The van der Waals surface area contributed by atoms with Crippen molar-refractivity contribution in [3.63, 3.8) is 0 Å². The summed E-state index contributed by atoms with van der Waals surface area (Å²) in [6.07, 6.45) is 3.12. The molecule has 0 aliphatic rings. The normalized spacial score (nSPS) is 13.7. The van der Waals surface area contributed by atoms with Gasteiger partial charge >= 0.3 is 5.97 Å². The first kappa shape index (κ1) is 27.1. The molecule has 0 spiro atoms. The van der Waals surface area contributed by atoms with Gasteiger partial charge in [0, 0.05) is 12.6 Å². The van der Waals surface area contributed by atoms with Crippen LogP contribution in [0.25, 0.3) is 0 Å². The zero-order valence-corrected chi connectivity index (χ0v) is 19.9. The van der Waals surface area contributed by atoms with E-state index in [1.807, 2.05) is 0 Å². The van der Waals surface area contributed by atoms with Crippen molar-refractivity contribution < 1.29 is 19.8 Å². The lowest BCUT2D eigenvalue weighted by molar-refractivity contribution is -0.311.